The fourth-order valence-electron chi connectivity index (χ4n) is 2.47. The molecule has 1 saturated heterocycles. The van der Waals surface area contributed by atoms with Crippen LogP contribution in [0.25, 0.3) is 0 Å². The molecule has 0 aromatic heterocycles. The molecule has 1 amide bonds. The topological polar surface area (TPSA) is 58.4 Å². The number of benzene rings is 1. The minimum Gasteiger partial charge on any atom is -0.397 e. The highest BCUT2D eigenvalue weighted by atomic mass is 16.1. The maximum atomic E-state index is 11.9. The van der Waals surface area contributed by atoms with E-state index < -0.39 is 0 Å². The number of carbonyl (C=O) groups excluding carboxylic acids is 1. The van der Waals surface area contributed by atoms with Crippen LogP contribution < -0.4 is 16.0 Å². The van der Waals surface area contributed by atoms with Gasteiger partial charge >= 0.3 is 0 Å². The summed E-state index contributed by atoms with van der Waals surface area (Å²) >= 11 is 0. The summed E-state index contributed by atoms with van der Waals surface area (Å²) in [5.74, 6) is 0.748. The van der Waals surface area contributed by atoms with Gasteiger partial charge in [-0.15, -0.1) is 0 Å². The van der Waals surface area contributed by atoms with Crippen LogP contribution >= 0.6 is 0 Å². The molecule has 3 N–H and O–H groups in total. The molecule has 1 fully saturated rings. The standard InChI is InChI=1S/C15H23N3O/c1-3-17-15(19)12-4-5-13(16)14(10-12)18-8-6-11(2)7-9-18/h4-5,10-11H,3,6-9,16H2,1-2H3,(H,17,19). The average Bonchev–Trinajstić information content (AvgIpc) is 2.41. The van der Waals surface area contributed by atoms with Crippen molar-refractivity contribution in [3.8, 4) is 0 Å². The minimum atomic E-state index is -0.0332. The lowest BCUT2D eigenvalue weighted by atomic mass is 9.98. The highest BCUT2D eigenvalue weighted by Gasteiger charge is 2.18. The zero-order valence-corrected chi connectivity index (χ0v) is 11.8. The Kier molecular flexibility index (Phi) is 4.30. The van der Waals surface area contributed by atoms with Gasteiger partial charge in [0.05, 0.1) is 11.4 Å². The zero-order chi connectivity index (χ0) is 13.8. The van der Waals surface area contributed by atoms with Crippen molar-refractivity contribution in [2.75, 3.05) is 30.3 Å². The second kappa shape index (κ2) is 5.95. The van der Waals surface area contributed by atoms with Crippen molar-refractivity contribution in [2.24, 2.45) is 5.92 Å². The third kappa shape index (κ3) is 3.19. The SMILES string of the molecule is CCNC(=O)c1ccc(N)c(N2CCC(C)CC2)c1. The summed E-state index contributed by atoms with van der Waals surface area (Å²) in [4.78, 5) is 14.2. The van der Waals surface area contributed by atoms with Gasteiger partial charge in [-0.25, -0.2) is 0 Å². The Hall–Kier alpha value is -1.71. The van der Waals surface area contributed by atoms with Gasteiger partial charge in [0.15, 0.2) is 0 Å². The molecule has 1 aromatic rings. The summed E-state index contributed by atoms with van der Waals surface area (Å²) in [5.41, 5.74) is 8.49. The Balaban J connectivity index is 2.19. The van der Waals surface area contributed by atoms with Gasteiger partial charge in [0, 0.05) is 25.2 Å². The maximum absolute atomic E-state index is 11.9. The molecule has 1 aromatic carbocycles. The third-order valence-electron chi connectivity index (χ3n) is 3.75. The van der Waals surface area contributed by atoms with Crippen LogP contribution in [0.15, 0.2) is 18.2 Å². The van der Waals surface area contributed by atoms with E-state index in [-0.39, 0.29) is 5.91 Å². The van der Waals surface area contributed by atoms with Crippen LogP contribution in [-0.2, 0) is 0 Å². The zero-order valence-electron chi connectivity index (χ0n) is 11.8. The Labute approximate surface area is 115 Å². The van der Waals surface area contributed by atoms with Crippen molar-refractivity contribution < 1.29 is 4.79 Å². The van der Waals surface area contributed by atoms with E-state index in [0.29, 0.717) is 12.1 Å². The van der Waals surface area contributed by atoms with E-state index in [0.717, 1.165) is 30.4 Å². The largest absolute Gasteiger partial charge is 0.397 e. The number of nitrogens with one attached hydrogen (secondary N) is 1. The molecule has 19 heavy (non-hydrogen) atoms. The molecule has 1 heterocycles. The molecule has 1 aliphatic heterocycles. The summed E-state index contributed by atoms with van der Waals surface area (Å²) in [7, 11) is 0. The summed E-state index contributed by atoms with van der Waals surface area (Å²) in [5, 5.41) is 2.82. The van der Waals surface area contributed by atoms with Crippen LogP contribution in [0.5, 0.6) is 0 Å². The van der Waals surface area contributed by atoms with E-state index in [4.69, 9.17) is 5.73 Å². The molecule has 0 unspecified atom stereocenters. The number of rotatable bonds is 3. The van der Waals surface area contributed by atoms with Gasteiger partial charge < -0.3 is 16.0 Å². The van der Waals surface area contributed by atoms with Gasteiger partial charge in [-0.2, -0.15) is 0 Å². The van der Waals surface area contributed by atoms with Crippen LogP contribution in [0.4, 0.5) is 11.4 Å². The van der Waals surface area contributed by atoms with E-state index in [1.54, 1.807) is 6.07 Å². The quantitative estimate of drug-likeness (QED) is 0.821. The minimum absolute atomic E-state index is 0.0332. The van der Waals surface area contributed by atoms with Gasteiger partial charge in [0.1, 0.15) is 0 Å². The second-order valence-electron chi connectivity index (χ2n) is 5.30. The number of amides is 1. The summed E-state index contributed by atoms with van der Waals surface area (Å²) in [6.45, 7) is 6.88. The van der Waals surface area contributed by atoms with Crippen LogP contribution in [-0.4, -0.2) is 25.5 Å². The molecule has 104 valence electrons. The number of nitrogen functional groups attached to an aromatic ring is 1. The van der Waals surface area contributed by atoms with Crippen LogP contribution in [0.2, 0.25) is 0 Å². The second-order valence-corrected chi connectivity index (χ2v) is 5.30. The van der Waals surface area contributed by atoms with E-state index in [2.05, 4.69) is 17.1 Å². The molecule has 0 saturated carbocycles. The molecule has 1 aliphatic rings. The molecule has 0 atom stereocenters. The van der Waals surface area contributed by atoms with Gasteiger partial charge in [0.2, 0.25) is 0 Å². The number of piperidine rings is 1. The van der Waals surface area contributed by atoms with Crippen molar-refractivity contribution in [1.82, 2.24) is 5.32 Å². The lowest BCUT2D eigenvalue weighted by Crippen LogP contribution is -2.33. The van der Waals surface area contributed by atoms with Crippen molar-refractivity contribution in [2.45, 2.75) is 26.7 Å². The van der Waals surface area contributed by atoms with E-state index in [9.17, 15) is 4.79 Å². The smallest absolute Gasteiger partial charge is 0.251 e. The normalized spacial score (nSPS) is 16.4. The fraction of sp³-hybridized carbons (Fsp3) is 0.533. The van der Waals surface area contributed by atoms with E-state index in [1.165, 1.54) is 12.8 Å². The highest BCUT2D eigenvalue weighted by Crippen LogP contribution is 2.28. The first kappa shape index (κ1) is 13.7. The Morgan fingerprint density at radius 2 is 2.11 bits per heavy atom. The molecule has 0 radical (unpaired) electrons. The Morgan fingerprint density at radius 3 is 2.74 bits per heavy atom. The van der Waals surface area contributed by atoms with Crippen molar-refractivity contribution in [1.29, 1.82) is 0 Å². The highest BCUT2D eigenvalue weighted by molar-refractivity contribution is 5.96. The third-order valence-corrected chi connectivity index (χ3v) is 3.75. The lowest BCUT2D eigenvalue weighted by molar-refractivity contribution is 0.0956. The van der Waals surface area contributed by atoms with Gasteiger partial charge in [-0.1, -0.05) is 6.92 Å². The summed E-state index contributed by atoms with van der Waals surface area (Å²) in [6.07, 6.45) is 2.37. The molecule has 0 aliphatic carbocycles. The van der Waals surface area contributed by atoms with Crippen molar-refractivity contribution in [3.63, 3.8) is 0 Å². The molecule has 2 rings (SSSR count). The number of nitrogens with zero attached hydrogens (tertiary/aromatic N) is 1. The number of carbonyl (C=O) groups is 1. The van der Waals surface area contributed by atoms with E-state index in [1.807, 2.05) is 19.1 Å². The first-order chi connectivity index (χ1) is 9.11. The Bertz CT molecular complexity index is 451. The van der Waals surface area contributed by atoms with Crippen LogP contribution in [0.1, 0.15) is 37.0 Å². The molecular formula is C15H23N3O. The van der Waals surface area contributed by atoms with Gasteiger partial charge in [-0.3, -0.25) is 4.79 Å². The number of anilines is 2. The average molecular weight is 261 g/mol. The molecular weight excluding hydrogens is 238 g/mol. The summed E-state index contributed by atoms with van der Waals surface area (Å²) in [6, 6.07) is 5.53. The lowest BCUT2D eigenvalue weighted by Gasteiger charge is -2.33. The molecule has 4 heteroatoms. The first-order valence-electron chi connectivity index (χ1n) is 7.04. The maximum Gasteiger partial charge on any atom is 0.251 e. The van der Waals surface area contributed by atoms with E-state index >= 15 is 0 Å². The van der Waals surface area contributed by atoms with Crippen LogP contribution in [0, 0.1) is 5.92 Å². The predicted octanol–water partition coefficient (Wildman–Crippen LogP) is 2.25. The number of hydrogen-bond donors (Lipinski definition) is 2. The molecule has 4 nitrogen and oxygen atoms in total. The summed E-state index contributed by atoms with van der Waals surface area (Å²) < 4.78 is 0. The first-order valence-corrected chi connectivity index (χ1v) is 7.04. The van der Waals surface area contributed by atoms with Gasteiger partial charge in [0.25, 0.3) is 5.91 Å². The predicted molar refractivity (Wildman–Crippen MR) is 79.5 cm³/mol. The van der Waals surface area contributed by atoms with Gasteiger partial charge in [-0.05, 0) is 43.9 Å². The van der Waals surface area contributed by atoms with Crippen molar-refractivity contribution in [3.05, 3.63) is 23.8 Å². The fourth-order valence-corrected chi connectivity index (χ4v) is 2.47. The van der Waals surface area contributed by atoms with Crippen molar-refractivity contribution >= 4 is 17.3 Å². The Morgan fingerprint density at radius 1 is 1.42 bits per heavy atom. The van der Waals surface area contributed by atoms with Crippen LogP contribution in [0.3, 0.4) is 0 Å². The number of nitrogens with two attached hydrogens (primary N) is 1. The number of hydrogen-bond acceptors (Lipinski definition) is 3. The molecule has 0 spiro atoms. The molecule has 0 bridgehead atoms. The monoisotopic (exact) mass is 261 g/mol.